The lowest BCUT2D eigenvalue weighted by molar-refractivity contribution is -0.117. The van der Waals surface area contributed by atoms with Gasteiger partial charge in [-0.3, -0.25) is 4.79 Å². The standard InChI is InChI=1S/C19H30N6O4S/c1-7-24(8-2)30(27,28)16-12-14(10-11-15(16)29-9-3)20-17(26)13-25-18(19(4,5)6)21-22-23-25/h10-12H,7-9,13H2,1-6H3,(H,20,26). The lowest BCUT2D eigenvalue weighted by Crippen LogP contribution is -2.31. The van der Waals surface area contributed by atoms with Crippen LogP contribution in [-0.4, -0.2) is 58.5 Å². The maximum atomic E-state index is 13.0. The number of hydrogen-bond acceptors (Lipinski definition) is 7. The summed E-state index contributed by atoms with van der Waals surface area (Å²) in [5, 5.41) is 14.2. The summed E-state index contributed by atoms with van der Waals surface area (Å²) in [6.45, 7) is 12.1. The molecule has 0 saturated carbocycles. The van der Waals surface area contributed by atoms with Gasteiger partial charge in [-0.2, -0.15) is 4.31 Å². The molecule has 1 amide bonds. The fourth-order valence-electron chi connectivity index (χ4n) is 2.95. The molecular formula is C19H30N6O4S. The lowest BCUT2D eigenvalue weighted by atomic mass is 9.96. The predicted octanol–water partition coefficient (Wildman–Crippen LogP) is 2.04. The van der Waals surface area contributed by atoms with Crippen molar-refractivity contribution in [1.29, 1.82) is 0 Å². The van der Waals surface area contributed by atoms with Crippen molar-refractivity contribution in [2.24, 2.45) is 0 Å². The second-order valence-corrected chi connectivity index (χ2v) is 9.55. The number of tetrazole rings is 1. The normalized spacial score (nSPS) is 12.2. The minimum Gasteiger partial charge on any atom is -0.492 e. The van der Waals surface area contributed by atoms with E-state index < -0.39 is 10.0 Å². The van der Waals surface area contributed by atoms with Crippen molar-refractivity contribution < 1.29 is 17.9 Å². The van der Waals surface area contributed by atoms with Gasteiger partial charge in [-0.15, -0.1) is 5.10 Å². The van der Waals surface area contributed by atoms with Crippen LogP contribution < -0.4 is 10.1 Å². The molecule has 0 bridgehead atoms. The van der Waals surface area contributed by atoms with Gasteiger partial charge in [-0.25, -0.2) is 13.1 Å². The Morgan fingerprint density at radius 3 is 2.43 bits per heavy atom. The molecular weight excluding hydrogens is 408 g/mol. The molecule has 30 heavy (non-hydrogen) atoms. The van der Waals surface area contributed by atoms with E-state index in [1.807, 2.05) is 20.8 Å². The zero-order valence-corrected chi connectivity index (χ0v) is 19.2. The smallest absolute Gasteiger partial charge is 0.246 e. The van der Waals surface area contributed by atoms with Gasteiger partial charge in [0.15, 0.2) is 5.82 Å². The summed E-state index contributed by atoms with van der Waals surface area (Å²) < 4.78 is 34.4. The molecule has 0 unspecified atom stereocenters. The summed E-state index contributed by atoms with van der Waals surface area (Å²) in [4.78, 5) is 12.6. The van der Waals surface area contributed by atoms with Crippen LogP contribution in [-0.2, 0) is 26.8 Å². The van der Waals surface area contributed by atoms with E-state index in [1.54, 1.807) is 32.9 Å². The molecule has 0 radical (unpaired) electrons. The zero-order chi connectivity index (χ0) is 22.5. The Hall–Kier alpha value is -2.53. The number of nitrogens with zero attached hydrogens (tertiary/aromatic N) is 5. The minimum absolute atomic E-state index is 0.0173. The zero-order valence-electron chi connectivity index (χ0n) is 18.3. The third kappa shape index (κ3) is 5.33. The number of anilines is 1. The third-order valence-electron chi connectivity index (χ3n) is 4.35. The molecule has 0 fully saturated rings. The van der Waals surface area contributed by atoms with Crippen molar-refractivity contribution in [2.75, 3.05) is 25.0 Å². The van der Waals surface area contributed by atoms with E-state index in [9.17, 15) is 13.2 Å². The van der Waals surface area contributed by atoms with Gasteiger partial charge in [0.1, 0.15) is 17.2 Å². The Kier molecular flexibility index (Phi) is 7.54. The average Bonchev–Trinajstić information content (AvgIpc) is 3.12. The monoisotopic (exact) mass is 438 g/mol. The van der Waals surface area contributed by atoms with Crippen molar-refractivity contribution >= 4 is 21.6 Å². The topological polar surface area (TPSA) is 119 Å². The number of aromatic nitrogens is 4. The molecule has 0 aliphatic carbocycles. The third-order valence-corrected chi connectivity index (χ3v) is 6.42. The second kappa shape index (κ2) is 9.52. The lowest BCUT2D eigenvalue weighted by Gasteiger charge is -2.21. The number of rotatable bonds is 9. The number of nitrogens with one attached hydrogen (secondary N) is 1. The van der Waals surface area contributed by atoms with E-state index in [1.165, 1.54) is 15.1 Å². The van der Waals surface area contributed by atoms with E-state index in [-0.39, 0.29) is 28.5 Å². The molecule has 0 atom stereocenters. The van der Waals surface area contributed by atoms with E-state index in [2.05, 4.69) is 20.8 Å². The first-order chi connectivity index (χ1) is 14.0. The number of sulfonamides is 1. The quantitative estimate of drug-likeness (QED) is 0.636. The first kappa shape index (κ1) is 23.7. The summed E-state index contributed by atoms with van der Waals surface area (Å²) >= 11 is 0. The Morgan fingerprint density at radius 1 is 1.20 bits per heavy atom. The van der Waals surface area contributed by atoms with E-state index in [0.29, 0.717) is 31.2 Å². The average molecular weight is 439 g/mol. The first-order valence-corrected chi connectivity index (χ1v) is 11.3. The van der Waals surface area contributed by atoms with Gasteiger partial charge in [-0.05, 0) is 35.5 Å². The van der Waals surface area contributed by atoms with Crippen molar-refractivity contribution in [3.63, 3.8) is 0 Å². The maximum Gasteiger partial charge on any atom is 0.246 e. The molecule has 0 aliphatic rings. The van der Waals surface area contributed by atoms with E-state index >= 15 is 0 Å². The molecule has 1 aromatic carbocycles. The molecule has 166 valence electrons. The van der Waals surface area contributed by atoms with Crippen LogP contribution in [0.25, 0.3) is 0 Å². The summed E-state index contributed by atoms with van der Waals surface area (Å²) in [7, 11) is -3.77. The fraction of sp³-hybridized carbons (Fsp3) is 0.579. The summed E-state index contributed by atoms with van der Waals surface area (Å²) in [6, 6.07) is 4.57. The molecule has 0 saturated heterocycles. The Balaban J connectivity index is 2.31. The van der Waals surface area contributed by atoms with Crippen LogP contribution in [0.2, 0.25) is 0 Å². The second-order valence-electron chi connectivity index (χ2n) is 7.64. The number of carbonyl (C=O) groups excluding carboxylic acids is 1. The van der Waals surface area contributed by atoms with Gasteiger partial charge >= 0.3 is 0 Å². The highest BCUT2D eigenvalue weighted by atomic mass is 32.2. The molecule has 10 nitrogen and oxygen atoms in total. The molecule has 1 aromatic heterocycles. The first-order valence-electron chi connectivity index (χ1n) is 9.88. The van der Waals surface area contributed by atoms with Gasteiger partial charge in [0.25, 0.3) is 0 Å². The van der Waals surface area contributed by atoms with Crippen LogP contribution >= 0.6 is 0 Å². The van der Waals surface area contributed by atoms with E-state index in [0.717, 1.165) is 0 Å². The van der Waals surface area contributed by atoms with Crippen molar-refractivity contribution in [3.05, 3.63) is 24.0 Å². The van der Waals surface area contributed by atoms with Gasteiger partial charge in [0.05, 0.1) is 6.61 Å². The van der Waals surface area contributed by atoms with Gasteiger partial charge < -0.3 is 10.1 Å². The van der Waals surface area contributed by atoms with E-state index in [4.69, 9.17) is 4.74 Å². The fourth-order valence-corrected chi connectivity index (χ4v) is 4.56. The van der Waals surface area contributed by atoms with Gasteiger partial charge in [0, 0.05) is 24.2 Å². The van der Waals surface area contributed by atoms with Crippen molar-refractivity contribution in [1.82, 2.24) is 24.5 Å². The van der Waals surface area contributed by atoms with Crippen LogP contribution in [0.4, 0.5) is 5.69 Å². The number of ether oxygens (including phenoxy) is 1. The number of hydrogen-bond donors (Lipinski definition) is 1. The summed E-state index contributed by atoms with van der Waals surface area (Å²) in [5.74, 6) is 0.454. The van der Waals surface area contributed by atoms with Crippen LogP contribution in [0, 0.1) is 0 Å². The summed E-state index contributed by atoms with van der Waals surface area (Å²) in [6.07, 6.45) is 0. The van der Waals surface area contributed by atoms with Crippen LogP contribution in [0.3, 0.4) is 0 Å². The van der Waals surface area contributed by atoms with Crippen molar-refractivity contribution in [2.45, 2.75) is 58.4 Å². The predicted molar refractivity (Wildman–Crippen MR) is 113 cm³/mol. The highest BCUT2D eigenvalue weighted by Gasteiger charge is 2.27. The highest BCUT2D eigenvalue weighted by Crippen LogP contribution is 2.30. The molecule has 0 spiro atoms. The van der Waals surface area contributed by atoms with Gasteiger partial charge in [0.2, 0.25) is 15.9 Å². The van der Waals surface area contributed by atoms with Crippen LogP contribution in [0.5, 0.6) is 5.75 Å². The molecule has 0 aliphatic heterocycles. The molecule has 11 heteroatoms. The minimum atomic E-state index is -3.77. The molecule has 2 aromatic rings. The SMILES string of the molecule is CCOc1ccc(NC(=O)Cn2nnnc2C(C)(C)C)cc1S(=O)(=O)N(CC)CC. The number of benzene rings is 1. The number of amides is 1. The van der Waals surface area contributed by atoms with Gasteiger partial charge in [-0.1, -0.05) is 34.6 Å². The molecule has 1 N–H and O–H groups in total. The van der Waals surface area contributed by atoms with Crippen LogP contribution in [0.15, 0.2) is 23.1 Å². The highest BCUT2D eigenvalue weighted by molar-refractivity contribution is 7.89. The Morgan fingerprint density at radius 2 is 1.87 bits per heavy atom. The molecule has 2 rings (SSSR count). The Bertz CT molecular complexity index is 977. The largest absolute Gasteiger partial charge is 0.492 e. The number of carbonyl (C=O) groups is 1. The Labute approximate surface area is 177 Å². The molecule has 1 heterocycles. The van der Waals surface area contributed by atoms with Crippen LogP contribution in [0.1, 0.15) is 47.4 Å². The maximum absolute atomic E-state index is 13.0. The van der Waals surface area contributed by atoms with Crippen molar-refractivity contribution in [3.8, 4) is 5.75 Å². The summed E-state index contributed by atoms with van der Waals surface area (Å²) in [5.41, 5.74) is 0.0214.